The van der Waals surface area contributed by atoms with E-state index in [1.165, 1.54) is 0 Å². The zero-order valence-corrected chi connectivity index (χ0v) is 18.2. The number of ether oxygens (including phenoxy) is 3. The third-order valence-corrected chi connectivity index (χ3v) is 6.95. The summed E-state index contributed by atoms with van der Waals surface area (Å²) >= 11 is 0. The van der Waals surface area contributed by atoms with E-state index in [1.54, 1.807) is 6.92 Å². The molecular weight excluding hydrogens is 396 g/mol. The van der Waals surface area contributed by atoms with Crippen molar-refractivity contribution in [2.45, 2.75) is 83.6 Å². The molecule has 1 spiro atoms. The van der Waals surface area contributed by atoms with Gasteiger partial charge in [0.05, 0.1) is 6.42 Å². The van der Waals surface area contributed by atoms with Gasteiger partial charge >= 0.3 is 11.9 Å². The fraction of sp³-hybridized carbons (Fsp3) is 0.905. The van der Waals surface area contributed by atoms with E-state index < -0.39 is 35.7 Å². The number of hydrogen-bond donors (Lipinski definition) is 2. The van der Waals surface area contributed by atoms with Gasteiger partial charge < -0.3 is 24.4 Å². The zero-order valence-electron chi connectivity index (χ0n) is 18.2. The molecule has 0 radical (unpaired) electrons. The molecule has 0 aromatic rings. The lowest BCUT2D eigenvalue weighted by Crippen LogP contribution is -2.71. The van der Waals surface area contributed by atoms with E-state index in [0.29, 0.717) is 12.3 Å². The van der Waals surface area contributed by atoms with Crippen molar-refractivity contribution < 1.29 is 43.8 Å². The second-order valence-corrected chi connectivity index (χ2v) is 8.95. The average molecular weight is 430 g/mol. The fourth-order valence-corrected chi connectivity index (χ4v) is 5.50. The summed E-state index contributed by atoms with van der Waals surface area (Å²) in [6.45, 7) is 7.79. The molecule has 9 heteroatoms. The van der Waals surface area contributed by atoms with E-state index >= 15 is 0 Å². The number of carboxylic acids is 1. The highest BCUT2D eigenvalue weighted by Gasteiger charge is 2.70. The van der Waals surface area contributed by atoms with Gasteiger partial charge in [0, 0.05) is 18.9 Å². The molecule has 172 valence electrons. The van der Waals surface area contributed by atoms with E-state index in [-0.39, 0.29) is 37.4 Å². The lowest BCUT2D eigenvalue weighted by molar-refractivity contribution is -0.569. The number of aliphatic carboxylic acids is 1. The summed E-state index contributed by atoms with van der Waals surface area (Å²) in [4.78, 5) is 35.0. The fourth-order valence-electron chi connectivity index (χ4n) is 5.50. The molecule has 5 rings (SSSR count). The topological polar surface area (TPSA) is 121 Å². The van der Waals surface area contributed by atoms with Crippen LogP contribution in [0, 0.1) is 23.7 Å². The molecule has 4 saturated heterocycles. The Bertz CT molecular complexity index is 640. The molecule has 5 fully saturated rings. The van der Waals surface area contributed by atoms with E-state index in [1.807, 2.05) is 13.8 Å². The first-order valence-electron chi connectivity index (χ1n) is 10.9. The molecule has 0 amide bonds. The van der Waals surface area contributed by atoms with Gasteiger partial charge in [0.25, 0.3) is 0 Å². The molecule has 1 saturated carbocycles. The summed E-state index contributed by atoms with van der Waals surface area (Å²) < 4.78 is 17.5. The monoisotopic (exact) mass is 430 g/mol. The van der Waals surface area contributed by atoms with E-state index in [0.717, 1.165) is 19.3 Å². The molecular formula is C21H34O9. The summed E-state index contributed by atoms with van der Waals surface area (Å²) in [5.41, 5.74) is -0.717. The SMILES string of the molecule is CCO.C[C@H]1[C@H](C(=O)OCCC(=O)O)O[C@@H]2O[C@]3(C)CC[C@H]4[C@H](C)CC[C@@H]1C24OO3. The smallest absolute Gasteiger partial charge is 0.335 e. The van der Waals surface area contributed by atoms with Gasteiger partial charge in [0.15, 0.2) is 18.0 Å². The highest BCUT2D eigenvalue weighted by atomic mass is 17.3. The van der Waals surface area contributed by atoms with Crippen LogP contribution in [0.3, 0.4) is 0 Å². The minimum absolute atomic E-state index is 0.0390. The first kappa shape index (κ1) is 23.4. The molecule has 1 aliphatic carbocycles. The minimum atomic E-state index is -1.01. The number of rotatable bonds is 4. The van der Waals surface area contributed by atoms with Crippen LogP contribution in [0.25, 0.3) is 0 Å². The summed E-state index contributed by atoms with van der Waals surface area (Å²) in [5, 5.41) is 16.3. The largest absolute Gasteiger partial charge is 0.481 e. The van der Waals surface area contributed by atoms with Crippen LogP contribution in [-0.4, -0.2) is 59.1 Å². The third-order valence-electron chi connectivity index (χ3n) is 6.95. The molecule has 0 aromatic heterocycles. The van der Waals surface area contributed by atoms with Gasteiger partial charge in [-0.2, -0.15) is 0 Å². The van der Waals surface area contributed by atoms with Gasteiger partial charge in [-0.3, -0.25) is 4.79 Å². The predicted molar refractivity (Wildman–Crippen MR) is 103 cm³/mol. The Hall–Kier alpha value is -1.26. The number of carboxylic acid groups (broad SMARTS) is 1. The van der Waals surface area contributed by atoms with Crippen LogP contribution < -0.4 is 0 Å². The molecule has 30 heavy (non-hydrogen) atoms. The van der Waals surface area contributed by atoms with Gasteiger partial charge in [0.1, 0.15) is 6.61 Å². The molecule has 4 heterocycles. The van der Waals surface area contributed by atoms with Crippen LogP contribution >= 0.6 is 0 Å². The molecule has 2 N–H and O–H groups in total. The highest BCUT2D eigenvalue weighted by molar-refractivity contribution is 5.76. The van der Waals surface area contributed by atoms with E-state index in [9.17, 15) is 9.59 Å². The third kappa shape index (κ3) is 4.10. The Balaban J connectivity index is 0.000000806. The van der Waals surface area contributed by atoms with Crippen molar-refractivity contribution in [2.75, 3.05) is 13.2 Å². The van der Waals surface area contributed by atoms with Crippen LogP contribution in [-0.2, 0) is 33.6 Å². The van der Waals surface area contributed by atoms with Crippen molar-refractivity contribution >= 4 is 11.9 Å². The predicted octanol–water partition coefficient (Wildman–Crippen LogP) is 2.25. The van der Waals surface area contributed by atoms with Crippen LogP contribution in [0.1, 0.15) is 59.8 Å². The Morgan fingerprint density at radius 2 is 1.83 bits per heavy atom. The molecule has 4 aliphatic heterocycles. The molecule has 9 nitrogen and oxygen atoms in total. The van der Waals surface area contributed by atoms with Crippen LogP contribution in [0.2, 0.25) is 0 Å². The van der Waals surface area contributed by atoms with Gasteiger partial charge in [-0.05, 0) is 50.9 Å². The highest BCUT2D eigenvalue weighted by Crippen LogP contribution is 2.60. The maximum absolute atomic E-state index is 12.6. The molecule has 0 aromatic carbocycles. The van der Waals surface area contributed by atoms with Crippen LogP contribution in [0.15, 0.2) is 0 Å². The Kier molecular flexibility index (Phi) is 7.08. The van der Waals surface area contributed by atoms with Gasteiger partial charge in [-0.25, -0.2) is 14.6 Å². The quantitative estimate of drug-likeness (QED) is 0.511. The first-order valence-corrected chi connectivity index (χ1v) is 10.9. The first-order chi connectivity index (χ1) is 14.2. The molecule has 1 unspecified atom stereocenters. The maximum atomic E-state index is 12.6. The number of fused-ring (bicyclic) bond motifs is 2. The molecule has 8 atom stereocenters. The van der Waals surface area contributed by atoms with Gasteiger partial charge in [-0.15, -0.1) is 0 Å². The summed E-state index contributed by atoms with van der Waals surface area (Å²) in [5.74, 6) is -1.87. The standard InChI is InChI=1S/C19H28O8.C2H6O/c1-10-4-5-13-11(2)15(16(22)23-9-7-14(20)21)24-17-19(13)12(10)6-8-18(3,25-17)26-27-19;1-2-3/h10-13,15,17H,4-9H2,1-3H3,(H,20,21);3H,2H2,1H3/t10-,11-,12+,13+,15-,17-,18+,19?;/m1./s1. The lowest BCUT2D eigenvalue weighted by atomic mass is 9.57. The number of hydrogen-bond acceptors (Lipinski definition) is 8. The van der Waals surface area contributed by atoms with E-state index in [2.05, 4.69) is 6.92 Å². The normalized spacial score (nSPS) is 44.2. The van der Waals surface area contributed by atoms with Gasteiger partial charge in [-0.1, -0.05) is 13.8 Å². The second kappa shape index (κ2) is 9.08. The van der Waals surface area contributed by atoms with Crippen molar-refractivity contribution in [1.82, 2.24) is 0 Å². The van der Waals surface area contributed by atoms with Gasteiger partial charge in [0.2, 0.25) is 5.79 Å². The van der Waals surface area contributed by atoms with Crippen molar-refractivity contribution in [1.29, 1.82) is 0 Å². The summed E-state index contributed by atoms with van der Waals surface area (Å²) in [7, 11) is 0. The second-order valence-electron chi connectivity index (χ2n) is 8.95. The molecule has 5 aliphatic rings. The maximum Gasteiger partial charge on any atom is 0.335 e. The van der Waals surface area contributed by atoms with Crippen molar-refractivity contribution in [3.8, 4) is 0 Å². The summed E-state index contributed by atoms with van der Waals surface area (Å²) in [6.07, 6.45) is 1.84. The van der Waals surface area contributed by atoms with Crippen molar-refractivity contribution in [2.24, 2.45) is 23.7 Å². The Labute approximate surface area is 176 Å². The Morgan fingerprint density at radius 3 is 2.50 bits per heavy atom. The number of esters is 1. The minimum Gasteiger partial charge on any atom is -0.481 e. The summed E-state index contributed by atoms with van der Waals surface area (Å²) in [6, 6.07) is 0. The Morgan fingerprint density at radius 1 is 1.13 bits per heavy atom. The number of carbonyl (C=O) groups excluding carboxylic acids is 1. The number of aliphatic hydroxyl groups is 1. The van der Waals surface area contributed by atoms with Crippen molar-refractivity contribution in [3.63, 3.8) is 0 Å². The average Bonchev–Trinajstić information content (AvgIpc) is 2.91. The van der Waals surface area contributed by atoms with E-state index in [4.69, 9.17) is 34.2 Å². The number of carbonyl (C=O) groups is 2. The van der Waals surface area contributed by atoms with Crippen LogP contribution in [0.4, 0.5) is 0 Å². The van der Waals surface area contributed by atoms with Crippen molar-refractivity contribution in [3.05, 3.63) is 0 Å². The molecule has 2 bridgehead atoms. The van der Waals surface area contributed by atoms with Crippen LogP contribution in [0.5, 0.6) is 0 Å². The number of aliphatic hydroxyl groups excluding tert-OH is 1. The zero-order chi connectivity index (χ0) is 22.1. The lowest BCUT2D eigenvalue weighted by Gasteiger charge is -2.60.